The van der Waals surface area contributed by atoms with Crippen LogP contribution in [-0.2, 0) is 6.18 Å². The molecule has 36 heavy (non-hydrogen) atoms. The van der Waals surface area contributed by atoms with E-state index in [1.165, 1.54) is 18.6 Å². The second-order valence-electron chi connectivity index (χ2n) is 8.93. The van der Waals surface area contributed by atoms with E-state index >= 15 is 0 Å². The molecule has 6 rings (SSSR count). The number of fused-ring (bicyclic) bond motifs is 1. The van der Waals surface area contributed by atoms with Crippen molar-refractivity contribution in [2.45, 2.75) is 43.6 Å². The Balaban J connectivity index is 1.30. The van der Waals surface area contributed by atoms with Crippen LogP contribution in [0.2, 0.25) is 0 Å². The molecule has 0 unspecified atom stereocenters. The smallest absolute Gasteiger partial charge is 0.422 e. The minimum absolute atomic E-state index is 0.0476. The number of halogens is 3. The Kier molecular flexibility index (Phi) is 5.53. The van der Waals surface area contributed by atoms with Crippen molar-refractivity contribution < 1.29 is 32.1 Å². The molecule has 2 aromatic heterocycles. The average molecular weight is 498 g/mol. The molecule has 1 aliphatic carbocycles. The molecule has 186 valence electrons. The third-order valence-corrected chi connectivity index (χ3v) is 6.59. The summed E-state index contributed by atoms with van der Waals surface area (Å²) < 4.78 is 58.0. The van der Waals surface area contributed by atoms with Crippen LogP contribution in [0.3, 0.4) is 0 Å². The summed E-state index contributed by atoms with van der Waals surface area (Å²) in [7, 11) is 0. The molecule has 0 spiro atoms. The molecular weight excluding hydrogens is 477 g/mol. The van der Waals surface area contributed by atoms with Crippen molar-refractivity contribution in [1.82, 2.24) is 20.6 Å². The number of aromatic nitrogens is 3. The largest absolute Gasteiger partial charge is 0.491 e. The van der Waals surface area contributed by atoms with E-state index in [9.17, 15) is 18.3 Å². The van der Waals surface area contributed by atoms with Crippen LogP contribution < -0.4 is 10.1 Å². The van der Waals surface area contributed by atoms with E-state index in [0.29, 0.717) is 29.5 Å². The molecule has 1 fully saturated rings. The van der Waals surface area contributed by atoms with E-state index in [1.807, 2.05) is 0 Å². The molecule has 3 heterocycles. The van der Waals surface area contributed by atoms with Crippen molar-refractivity contribution in [3.63, 3.8) is 0 Å². The first-order chi connectivity index (χ1) is 17.4. The Labute approximate surface area is 203 Å². The number of hydrogen-bond donors (Lipinski definition) is 2. The maximum absolute atomic E-state index is 14.0. The fourth-order valence-electron chi connectivity index (χ4n) is 4.47. The number of nitrogens with one attached hydrogen (secondary N) is 1. The molecule has 2 aliphatic rings. The minimum Gasteiger partial charge on any atom is -0.491 e. The molecule has 8 nitrogen and oxygen atoms in total. The minimum atomic E-state index is -4.77. The molecule has 0 amide bonds. The number of aliphatic hydroxyl groups excluding tert-OH is 1. The van der Waals surface area contributed by atoms with Gasteiger partial charge in [0.15, 0.2) is 0 Å². The lowest BCUT2D eigenvalue weighted by atomic mass is 9.90. The fourth-order valence-corrected chi connectivity index (χ4v) is 4.47. The van der Waals surface area contributed by atoms with Gasteiger partial charge in [-0.05, 0) is 18.9 Å². The topological polar surface area (TPSA) is 106 Å². The van der Waals surface area contributed by atoms with Gasteiger partial charge in [0.1, 0.15) is 29.7 Å². The van der Waals surface area contributed by atoms with E-state index in [-0.39, 0.29) is 23.1 Å². The number of hydrogen-bond acceptors (Lipinski definition) is 8. The number of nitrogens with zero attached hydrogens (tertiary/aromatic N) is 3. The lowest BCUT2D eigenvalue weighted by molar-refractivity contribution is -0.136. The highest BCUT2D eigenvalue weighted by Gasteiger charge is 2.43. The van der Waals surface area contributed by atoms with Crippen molar-refractivity contribution in [3.05, 3.63) is 59.7 Å². The van der Waals surface area contributed by atoms with Crippen molar-refractivity contribution in [1.29, 1.82) is 0 Å². The van der Waals surface area contributed by atoms with Gasteiger partial charge in [0.2, 0.25) is 11.6 Å². The highest BCUT2D eigenvalue weighted by Crippen LogP contribution is 2.43. The zero-order valence-corrected chi connectivity index (χ0v) is 18.8. The van der Waals surface area contributed by atoms with Gasteiger partial charge in [0, 0.05) is 22.7 Å². The van der Waals surface area contributed by atoms with E-state index in [4.69, 9.17) is 13.8 Å². The van der Waals surface area contributed by atoms with Gasteiger partial charge in [0.25, 0.3) is 5.89 Å². The summed E-state index contributed by atoms with van der Waals surface area (Å²) in [5.41, 5.74) is -0.134. The summed E-state index contributed by atoms with van der Waals surface area (Å²) in [5, 5.41) is 21.7. The highest BCUT2D eigenvalue weighted by molar-refractivity contribution is 5.71. The van der Waals surface area contributed by atoms with Crippen LogP contribution in [0, 0.1) is 0 Å². The predicted molar refractivity (Wildman–Crippen MR) is 121 cm³/mol. The summed E-state index contributed by atoms with van der Waals surface area (Å²) in [6.07, 6.45) is -2.16. The fraction of sp³-hybridized carbons (Fsp3) is 0.320. The predicted octanol–water partition coefficient (Wildman–Crippen LogP) is 5.01. The third kappa shape index (κ3) is 4.03. The zero-order valence-electron chi connectivity index (χ0n) is 18.8. The van der Waals surface area contributed by atoms with Crippen LogP contribution in [0.5, 0.6) is 5.75 Å². The van der Waals surface area contributed by atoms with Gasteiger partial charge < -0.3 is 24.2 Å². The Morgan fingerprint density at radius 2 is 1.78 bits per heavy atom. The standard InChI is InChI=1S/C25H21F3N4O4/c26-25(27,28)19-20(13-5-2-1-3-6-13)31-35-22(19)24-30-23(32-36-24)14-9-10-16-18(11-14)34-12-17(21(16)33)29-15-7-4-8-15/h1-3,5-6,9-11,15,17,21,29,33H,4,7-8,12H2/t17-,21-/m1/s1. The maximum atomic E-state index is 14.0. The monoisotopic (exact) mass is 498 g/mol. The van der Waals surface area contributed by atoms with E-state index in [0.717, 1.165) is 12.8 Å². The molecule has 11 heteroatoms. The van der Waals surface area contributed by atoms with Crippen molar-refractivity contribution >= 4 is 0 Å². The number of aliphatic hydroxyl groups is 1. The van der Waals surface area contributed by atoms with Crippen molar-refractivity contribution in [2.75, 3.05) is 6.61 Å². The quantitative estimate of drug-likeness (QED) is 0.395. The molecule has 1 aliphatic heterocycles. The Morgan fingerprint density at radius 3 is 2.50 bits per heavy atom. The van der Waals surface area contributed by atoms with Crippen LogP contribution in [-0.4, -0.2) is 39.1 Å². The highest BCUT2D eigenvalue weighted by atomic mass is 19.4. The lowest BCUT2D eigenvalue weighted by Gasteiger charge is -2.36. The van der Waals surface area contributed by atoms with Crippen LogP contribution in [0.1, 0.15) is 36.5 Å². The molecule has 4 aromatic rings. The van der Waals surface area contributed by atoms with Crippen molar-refractivity contribution in [3.8, 4) is 40.0 Å². The summed E-state index contributed by atoms with van der Waals surface area (Å²) in [6.45, 7) is 0.293. The maximum Gasteiger partial charge on any atom is 0.422 e. The molecule has 2 N–H and O–H groups in total. The summed E-state index contributed by atoms with van der Waals surface area (Å²) in [5.74, 6) is -0.600. The van der Waals surface area contributed by atoms with Crippen LogP contribution in [0.4, 0.5) is 13.2 Å². The first kappa shape index (κ1) is 22.7. The van der Waals surface area contributed by atoms with Crippen molar-refractivity contribution in [2.24, 2.45) is 0 Å². The number of ether oxygens (including phenoxy) is 1. The van der Waals surface area contributed by atoms with E-state index in [1.54, 1.807) is 36.4 Å². The second-order valence-corrected chi connectivity index (χ2v) is 8.93. The number of benzene rings is 2. The van der Waals surface area contributed by atoms with Crippen LogP contribution in [0.25, 0.3) is 34.3 Å². The van der Waals surface area contributed by atoms with Crippen LogP contribution >= 0.6 is 0 Å². The van der Waals surface area contributed by atoms with Gasteiger partial charge in [-0.1, -0.05) is 59.2 Å². The first-order valence-electron chi connectivity index (χ1n) is 11.6. The molecule has 1 saturated carbocycles. The molecule has 2 atom stereocenters. The van der Waals surface area contributed by atoms with Gasteiger partial charge in [-0.15, -0.1) is 0 Å². The molecular formula is C25H21F3N4O4. The molecule has 0 radical (unpaired) electrons. The van der Waals surface area contributed by atoms with E-state index < -0.39 is 29.5 Å². The second kappa shape index (κ2) is 8.75. The average Bonchev–Trinajstić information content (AvgIpc) is 3.50. The Bertz CT molecular complexity index is 1380. The molecule has 2 aromatic carbocycles. The first-order valence-corrected chi connectivity index (χ1v) is 11.6. The third-order valence-electron chi connectivity index (χ3n) is 6.59. The molecule has 0 saturated heterocycles. The number of alkyl halides is 3. The molecule has 0 bridgehead atoms. The lowest BCUT2D eigenvalue weighted by Crippen LogP contribution is -2.49. The van der Waals surface area contributed by atoms with Gasteiger partial charge >= 0.3 is 6.18 Å². The van der Waals surface area contributed by atoms with Gasteiger partial charge in [-0.25, -0.2) is 0 Å². The van der Waals surface area contributed by atoms with E-state index in [2.05, 4.69) is 20.6 Å². The normalized spacial score (nSPS) is 20.0. The summed E-state index contributed by atoms with van der Waals surface area (Å²) in [6, 6.07) is 13.1. The Morgan fingerprint density at radius 1 is 0.972 bits per heavy atom. The summed E-state index contributed by atoms with van der Waals surface area (Å²) in [4.78, 5) is 4.13. The van der Waals surface area contributed by atoms with Gasteiger partial charge in [-0.2, -0.15) is 18.2 Å². The van der Waals surface area contributed by atoms with Gasteiger partial charge in [0.05, 0.1) is 6.04 Å². The number of rotatable bonds is 5. The zero-order chi connectivity index (χ0) is 24.9. The Hall–Kier alpha value is -3.70. The SMILES string of the molecule is O[C@@H]1c2ccc(-c3noc(-c4onc(-c5ccccc5)c4C(F)(F)F)n3)cc2OC[C@H]1NC1CCC1. The summed E-state index contributed by atoms with van der Waals surface area (Å²) >= 11 is 0. The van der Waals surface area contributed by atoms with Crippen LogP contribution in [0.15, 0.2) is 57.6 Å². The van der Waals surface area contributed by atoms with Gasteiger partial charge in [-0.3, -0.25) is 0 Å².